The predicted octanol–water partition coefficient (Wildman–Crippen LogP) is 0.689. The van der Waals surface area contributed by atoms with Crippen molar-refractivity contribution in [2.75, 3.05) is 13.2 Å². The zero-order valence-corrected chi connectivity index (χ0v) is 10.3. The molecule has 2 fully saturated rings. The van der Waals surface area contributed by atoms with Crippen LogP contribution in [0, 0.1) is 5.92 Å². The molecule has 0 aliphatic carbocycles. The van der Waals surface area contributed by atoms with E-state index in [1.807, 2.05) is 0 Å². The van der Waals surface area contributed by atoms with Crippen LogP contribution in [0.3, 0.4) is 0 Å². The number of nitrogens with two attached hydrogens (primary N) is 1. The van der Waals surface area contributed by atoms with Crippen molar-refractivity contribution in [3.8, 4) is 0 Å². The Morgan fingerprint density at radius 3 is 2.81 bits per heavy atom. The van der Waals surface area contributed by atoms with E-state index in [1.165, 1.54) is 0 Å². The van der Waals surface area contributed by atoms with Gasteiger partial charge in [-0.15, -0.1) is 0 Å². The van der Waals surface area contributed by atoms with Crippen LogP contribution >= 0.6 is 12.2 Å². The van der Waals surface area contributed by atoms with E-state index in [2.05, 4.69) is 6.92 Å². The summed E-state index contributed by atoms with van der Waals surface area (Å²) >= 11 is 5.00. The molecule has 0 bridgehead atoms. The van der Waals surface area contributed by atoms with Gasteiger partial charge in [-0.05, 0) is 25.2 Å². The molecule has 0 spiro atoms. The number of likely N-dealkylation sites (tertiary alicyclic amines) is 1. The summed E-state index contributed by atoms with van der Waals surface area (Å²) in [6, 6.07) is -0.0566. The van der Waals surface area contributed by atoms with Crippen LogP contribution in [0.1, 0.15) is 26.2 Å². The number of carbonyl (C=O) groups is 1. The monoisotopic (exact) mass is 242 g/mol. The Kier molecular flexibility index (Phi) is 3.44. The number of nitrogens with zero attached hydrogens (tertiary/aromatic N) is 1. The first-order valence-corrected chi connectivity index (χ1v) is 6.23. The van der Waals surface area contributed by atoms with E-state index in [0.29, 0.717) is 17.5 Å². The van der Waals surface area contributed by atoms with Crippen LogP contribution in [0.4, 0.5) is 0 Å². The first-order valence-electron chi connectivity index (χ1n) is 5.82. The lowest BCUT2D eigenvalue weighted by Gasteiger charge is -2.27. The third-order valence-corrected chi connectivity index (χ3v) is 3.77. The zero-order valence-electron chi connectivity index (χ0n) is 9.52. The Morgan fingerprint density at radius 1 is 1.50 bits per heavy atom. The van der Waals surface area contributed by atoms with Gasteiger partial charge in [0.1, 0.15) is 6.10 Å². The highest BCUT2D eigenvalue weighted by Gasteiger charge is 2.39. The summed E-state index contributed by atoms with van der Waals surface area (Å²) in [6.45, 7) is 3.50. The van der Waals surface area contributed by atoms with E-state index < -0.39 is 0 Å². The molecular formula is C11H18N2O2S. The highest BCUT2D eigenvalue weighted by molar-refractivity contribution is 7.80. The van der Waals surface area contributed by atoms with Crippen molar-refractivity contribution in [1.82, 2.24) is 4.90 Å². The van der Waals surface area contributed by atoms with Gasteiger partial charge < -0.3 is 15.4 Å². The topological polar surface area (TPSA) is 55.6 Å². The molecule has 2 aliphatic rings. The second-order valence-corrected chi connectivity index (χ2v) is 5.12. The SMILES string of the molecule is CC1CCOC1C(=O)N1CCCC1C(N)=S. The zero-order chi connectivity index (χ0) is 11.7. The van der Waals surface area contributed by atoms with Gasteiger partial charge >= 0.3 is 0 Å². The van der Waals surface area contributed by atoms with Crippen LogP contribution in [0.2, 0.25) is 0 Å². The first-order chi connectivity index (χ1) is 7.61. The van der Waals surface area contributed by atoms with E-state index in [1.54, 1.807) is 4.90 Å². The maximum Gasteiger partial charge on any atom is 0.252 e. The molecule has 2 aliphatic heterocycles. The van der Waals surface area contributed by atoms with Gasteiger partial charge in [0.25, 0.3) is 5.91 Å². The van der Waals surface area contributed by atoms with Gasteiger partial charge in [0, 0.05) is 13.2 Å². The number of rotatable bonds is 2. The fraction of sp³-hybridized carbons (Fsp3) is 0.818. The van der Waals surface area contributed by atoms with Gasteiger partial charge in [0.15, 0.2) is 0 Å². The fourth-order valence-corrected chi connectivity index (χ4v) is 2.75. The summed E-state index contributed by atoms with van der Waals surface area (Å²) in [6.07, 6.45) is 2.55. The largest absolute Gasteiger partial charge is 0.392 e. The molecule has 16 heavy (non-hydrogen) atoms. The third-order valence-electron chi connectivity index (χ3n) is 3.50. The van der Waals surface area contributed by atoms with Crippen LogP contribution in [0.15, 0.2) is 0 Å². The molecule has 3 atom stereocenters. The quantitative estimate of drug-likeness (QED) is 0.724. The molecule has 3 unspecified atom stereocenters. The molecular weight excluding hydrogens is 224 g/mol. The number of ether oxygens (including phenoxy) is 1. The lowest BCUT2D eigenvalue weighted by atomic mass is 10.0. The van der Waals surface area contributed by atoms with Crippen molar-refractivity contribution in [3.63, 3.8) is 0 Å². The average molecular weight is 242 g/mol. The normalized spacial score (nSPS) is 34.3. The van der Waals surface area contributed by atoms with E-state index in [-0.39, 0.29) is 18.1 Å². The van der Waals surface area contributed by atoms with Crippen LogP contribution in [-0.2, 0) is 9.53 Å². The van der Waals surface area contributed by atoms with Gasteiger partial charge in [0.05, 0.1) is 11.0 Å². The lowest BCUT2D eigenvalue weighted by molar-refractivity contribution is -0.142. The molecule has 0 aromatic rings. The molecule has 4 nitrogen and oxygen atoms in total. The molecule has 0 saturated carbocycles. The van der Waals surface area contributed by atoms with Crippen LogP contribution < -0.4 is 5.73 Å². The first kappa shape index (κ1) is 11.8. The van der Waals surface area contributed by atoms with Crippen molar-refractivity contribution in [3.05, 3.63) is 0 Å². The summed E-state index contributed by atoms with van der Waals surface area (Å²) in [5, 5.41) is 0. The van der Waals surface area contributed by atoms with E-state index in [9.17, 15) is 4.79 Å². The van der Waals surface area contributed by atoms with Crippen LogP contribution in [0.25, 0.3) is 0 Å². The third kappa shape index (κ3) is 2.06. The van der Waals surface area contributed by atoms with E-state index >= 15 is 0 Å². The van der Waals surface area contributed by atoms with Gasteiger partial charge in [0.2, 0.25) is 0 Å². The minimum absolute atomic E-state index is 0.0566. The van der Waals surface area contributed by atoms with E-state index in [0.717, 1.165) is 25.8 Å². The number of carbonyl (C=O) groups excluding carboxylic acids is 1. The number of thiocarbonyl (C=S) groups is 1. The Bertz CT molecular complexity index is 308. The lowest BCUT2D eigenvalue weighted by Crippen LogP contribution is -2.48. The summed E-state index contributed by atoms with van der Waals surface area (Å²) in [5.41, 5.74) is 5.66. The second-order valence-electron chi connectivity index (χ2n) is 4.65. The van der Waals surface area contributed by atoms with Crippen LogP contribution in [0.5, 0.6) is 0 Å². The molecule has 2 saturated heterocycles. The van der Waals surface area contributed by atoms with Gasteiger partial charge in [-0.25, -0.2) is 0 Å². The highest BCUT2D eigenvalue weighted by atomic mass is 32.1. The summed E-state index contributed by atoms with van der Waals surface area (Å²) in [7, 11) is 0. The Hall–Kier alpha value is -0.680. The number of hydrogen-bond donors (Lipinski definition) is 1. The maximum atomic E-state index is 12.3. The molecule has 0 radical (unpaired) electrons. The molecule has 90 valence electrons. The van der Waals surface area contributed by atoms with Crippen molar-refractivity contribution in [2.45, 2.75) is 38.3 Å². The molecule has 2 rings (SSSR count). The Balaban J connectivity index is 2.06. The minimum atomic E-state index is -0.282. The summed E-state index contributed by atoms with van der Waals surface area (Å²) in [4.78, 5) is 14.5. The molecule has 0 aromatic heterocycles. The van der Waals surface area contributed by atoms with Crippen molar-refractivity contribution in [2.24, 2.45) is 11.7 Å². The highest BCUT2D eigenvalue weighted by Crippen LogP contribution is 2.26. The Labute approximate surface area is 101 Å². The number of hydrogen-bond acceptors (Lipinski definition) is 3. The van der Waals surface area contributed by atoms with Crippen LogP contribution in [-0.4, -0.2) is 41.1 Å². The summed E-state index contributed by atoms with van der Waals surface area (Å²) in [5.74, 6) is 0.375. The molecule has 5 heteroatoms. The molecule has 0 aromatic carbocycles. The maximum absolute atomic E-state index is 12.3. The van der Waals surface area contributed by atoms with Gasteiger partial charge in [-0.3, -0.25) is 4.79 Å². The summed E-state index contributed by atoms with van der Waals surface area (Å²) < 4.78 is 5.49. The molecule has 2 heterocycles. The second kappa shape index (κ2) is 4.67. The minimum Gasteiger partial charge on any atom is -0.392 e. The molecule has 1 amide bonds. The average Bonchev–Trinajstić information content (AvgIpc) is 2.84. The predicted molar refractivity (Wildman–Crippen MR) is 65.0 cm³/mol. The van der Waals surface area contributed by atoms with Crippen molar-refractivity contribution >= 4 is 23.1 Å². The van der Waals surface area contributed by atoms with Gasteiger partial charge in [-0.1, -0.05) is 19.1 Å². The van der Waals surface area contributed by atoms with Gasteiger partial charge in [-0.2, -0.15) is 0 Å². The standard InChI is InChI=1S/C11H18N2O2S/c1-7-4-6-15-9(7)11(14)13-5-2-3-8(13)10(12)16/h7-9H,2-6H2,1H3,(H2,12,16). The Morgan fingerprint density at radius 2 is 2.25 bits per heavy atom. The fourth-order valence-electron chi connectivity index (χ4n) is 2.50. The van der Waals surface area contributed by atoms with E-state index in [4.69, 9.17) is 22.7 Å². The molecule has 2 N–H and O–H groups in total. The smallest absolute Gasteiger partial charge is 0.252 e. The number of amides is 1. The van der Waals surface area contributed by atoms with Crippen molar-refractivity contribution in [1.29, 1.82) is 0 Å². The van der Waals surface area contributed by atoms with Crippen molar-refractivity contribution < 1.29 is 9.53 Å².